The second-order valence-corrected chi connectivity index (χ2v) is 4.16. The van der Waals surface area contributed by atoms with Crippen molar-refractivity contribution in [3.05, 3.63) is 29.8 Å². The summed E-state index contributed by atoms with van der Waals surface area (Å²) in [6, 6.07) is 9.71. The number of nitriles is 1. The number of hydrogen-bond donors (Lipinski definition) is 1. The summed E-state index contributed by atoms with van der Waals surface area (Å²) in [5.74, 6) is -1.21. The number of fused-ring (bicyclic) bond motifs is 1. The zero-order valence-electron chi connectivity index (χ0n) is 9.47. The average molecular weight is 230 g/mol. The summed E-state index contributed by atoms with van der Waals surface area (Å²) in [4.78, 5) is 13.2. The van der Waals surface area contributed by atoms with Crippen LogP contribution < -0.4 is 4.90 Å². The molecule has 4 nitrogen and oxygen atoms in total. The van der Waals surface area contributed by atoms with Crippen molar-refractivity contribution >= 4 is 11.7 Å². The molecule has 1 heterocycles. The fraction of sp³-hybridized carbons (Fsp3) is 0.385. The molecule has 0 spiro atoms. The molecule has 2 rings (SSSR count). The van der Waals surface area contributed by atoms with Crippen LogP contribution in [0.25, 0.3) is 0 Å². The van der Waals surface area contributed by atoms with Gasteiger partial charge in [0.05, 0.1) is 6.07 Å². The molecule has 0 radical (unpaired) electrons. The Morgan fingerprint density at radius 1 is 1.53 bits per heavy atom. The van der Waals surface area contributed by atoms with Crippen molar-refractivity contribution in [3.63, 3.8) is 0 Å². The number of rotatable bonds is 4. The molecule has 0 amide bonds. The number of hydrogen-bond acceptors (Lipinski definition) is 3. The summed E-state index contributed by atoms with van der Waals surface area (Å²) in [5, 5.41) is 17.7. The van der Waals surface area contributed by atoms with Gasteiger partial charge >= 0.3 is 5.97 Å². The molecule has 1 aromatic rings. The molecule has 17 heavy (non-hydrogen) atoms. The number of nitrogens with zero attached hydrogens (tertiary/aromatic N) is 2. The van der Waals surface area contributed by atoms with Crippen LogP contribution in [-0.4, -0.2) is 24.2 Å². The largest absolute Gasteiger partial charge is 0.481 e. The monoisotopic (exact) mass is 230 g/mol. The minimum atomic E-state index is -0.778. The van der Waals surface area contributed by atoms with E-state index >= 15 is 0 Å². The van der Waals surface area contributed by atoms with Gasteiger partial charge in [0.25, 0.3) is 0 Å². The van der Waals surface area contributed by atoms with Gasteiger partial charge in [0.1, 0.15) is 5.92 Å². The minimum Gasteiger partial charge on any atom is -0.481 e. The van der Waals surface area contributed by atoms with Crippen LogP contribution in [0.15, 0.2) is 24.3 Å². The Labute approximate surface area is 100 Å². The Bertz CT molecular complexity index is 465. The van der Waals surface area contributed by atoms with E-state index in [2.05, 4.69) is 11.0 Å². The molecule has 1 atom stereocenters. The van der Waals surface area contributed by atoms with Crippen LogP contribution in [0.1, 0.15) is 24.3 Å². The lowest BCUT2D eigenvalue weighted by molar-refractivity contribution is -0.138. The van der Waals surface area contributed by atoms with E-state index in [0.29, 0.717) is 13.0 Å². The maximum Gasteiger partial charge on any atom is 0.312 e. The molecule has 0 saturated heterocycles. The minimum absolute atomic E-state index is 0.437. The van der Waals surface area contributed by atoms with Gasteiger partial charge in [0.15, 0.2) is 0 Å². The lowest BCUT2D eigenvalue weighted by Crippen LogP contribution is -2.25. The van der Waals surface area contributed by atoms with E-state index < -0.39 is 11.9 Å². The first-order valence-electron chi connectivity index (χ1n) is 5.67. The first-order valence-corrected chi connectivity index (χ1v) is 5.67. The van der Waals surface area contributed by atoms with Gasteiger partial charge in [0.2, 0.25) is 0 Å². The van der Waals surface area contributed by atoms with Crippen molar-refractivity contribution < 1.29 is 9.90 Å². The molecule has 0 aromatic heterocycles. The van der Waals surface area contributed by atoms with Gasteiger partial charge in [-0.1, -0.05) is 18.2 Å². The first kappa shape index (κ1) is 11.5. The molecule has 4 heteroatoms. The van der Waals surface area contributed by atoms with Crippen LogP contribution >= 0.6 is 0 Å². The molecule has 0 aliphatic carbocycles. The van der Waals surface area contributed by atoms with Gasteiger partial charge in [-0.05, 0) is 18.1 Å². The van der Waals surface area contributed by atoms with Crippen molar-refractivity contribution in [1.82, 2.24) is 0 Å². The topological polar surface area (TPSA) is 64.3 Å². The summed E-state index contributed by atoms with van der Waals surface area (Å²) >= 11 is 0. The zero-order chi connectivity index (χ0) is 12.3. The summed E-state index contributed by atoms with van der Waals surface area (Å²) in [7, 11) is 0. The van der Waals surface area contributed by atoms with E-state index in [0.717, 1.165) is 24.2 Å². The third kappa shape index (κ3) is 2.23. The second kappa shape index (κ2) is 4.88. The van der Waals surface area contributed by atoms with Crippen molar-refractivity contribution in [2.24, 2.45) is 0 Å². The van der Waals surface area contributed by atoms with Crippen LogP contribution in [0.4, 0.5) is 5.69 Å². The fourth-order valence-electron chi connectivity index (χ4n) is 2.26. The second-order valence-electron chi connectivity index (χ2n) is 4.16. The van der Waals surface area contributed by atoms with Crippen molar-refractivity contribution in [3.8, 4) is 6.07 Å². The highest BCUT2D eigenvalue weighted by Crippen LogP contribution is 2.36. The lowest BCUT2D eigenvalue weighted by Gasteiger charge is -2.18. The van der Waals surface area contributed by atoms with Gasteiger partial charge in [-0.25, -0.2) is 0 Å². The zero-order valence-corrected chi connectivity index (χ0v) is 9.47. The highest BCUT2D eigenvalue weighted by Gasteiger charge is 2.32. The van der Waals surface area contributed by atoms with Crippen LogP contribution in [-0.2, 0) is 4.79 Å². The summed E-state index contributed by atoms with van der Waals surface area (Å²) < 4.78 is 0. The molecule has 1 aliphatic heterocycles. The highest BCUT2D eigenvalue weighted by atomic mass is 16.4. The Hall–Kier alpha value is -2.02. The van der Waals surface area contributed by atoms with E-state index in [-0.39, 0.29) is 0 Å². The molecule has 1 aromatic carbocycles. The lowest BCUT2D eigenvalue weighted by atomic mass is 10.0. The van der Waals surface area contributed by atoms with Gasteiger partial charge in [-0.3, -0.25) is 4.79 Å². The standard InChI is InChI=1S/C13H14N2O2/c14-7-3-4-8-15-9-11(13(16)17)10-5-1-2-6-12(10)15/h1-2,5-6,11H,3-4,8-9H2,(H,16,17). The summed E-state index contributed by atoms with van der Waals surface area (Å²) in [6.45, 7) is 1.26. The molecule has 1 unspecified atom stereocenters. The first-order chi connectivity index (χ1) is 8.24. The Kier molecular flexibility index (Phi) is 3.29. The summed E-state index contributed by atoms with van der Waals surface area (Å²) in [6.07, 6.45) is 1.29. The third-order valence-corrected chi connectivity index (χ3v) is 3.07. The van der Waals surface area contributed by atoms with Crippen LogP contribution in [0.3, 0.4) is 0 Å². The molecule has 1 N–H and O–H groups in total. The van der Waals surface area contributed by atoms with Crippen LogP contribution in [0, 0.1) is 11.3 Å². The predicted octanol–water partition coefficient (Wildman–Crippen LogP) is 1.98. The highest BCUT2D eigenvalue weighted by molar-refractivity contribution is 5.82. The number of anilines is 1. The maximum absolute atomic E-state index is 11.2. The smallest absolute Gasteiger partial charge is 0.312 e. The maximum atomic E-state index is 11.2. The Morgan fingerprint density at radius 2 is 2.29 bits per heavy atom. The number of unbranched alkanes of at least 4 members (excludes halogenated alkanes) is 1. The van der Waals surface area contributed by atoms with E-state index in [1.54, 1.807) is 0 Å². The third-order valence-electron chi connectivity index (χ3n) is 3.07. The van der Waals surface area contributed by atoms with E-state index in [4.69, 9.17) is 5.26 Å². The number of carbonyl (C=O) groups is 1. The fourth-order valence-corrected chi connectivity index (χ4v) is 2.26. The molecule has 0 fully saturated rings. The van der Waals surface area contributed by atoms with Crippen molar-refractivity contribution in [1.29, 1.82) is 5.26 Å². The molecule has 88 valence electrons. The number of carboxylic acid groups (broad SMARTS) is 1. The Morgan fingerprint density at radius 3 is 3.00 bits per heavy atom. The van der Waals surface area contributed by atoms with E-state index in [1.807, 2.05) is 24.3 Å². The predicted molar refractivity (Wildman–Crippen MR) is 63.9 cm³/mol. The molecular weight excluding hydrogens is 216 g/mol. The number of benzene rings is 1. The van der Waals surface area contributed by atoms with E-state index in [1.165, 1.54) is 0 Å². The molecule has 1 aliphatic rings. The summed E-state index contributed by atoms with van der Waals surface area (Å²) in [5.41, 5.74) is 1.88. The average Bonchev–Trinajstić information content (AvgIpc) is 2.69. The number of para-hydroxylation sites is 1. The van der Waals surface area contributed by atoms with Crippen LogP contribution in [0.2, 0.25) is 0 Å². The van der Waals surface area contributed by atoms with Crippen molar-refractivity contribution in [2.45, 2.75) is 18.8 Å². The van der Waals surface area contributed by atoms with Gasteiger partial charge < -0.3 is 10.0 Å². The van der Waals surface area contributed by atoms with Gasteiger partial charge in [-0.2, -0.15) is 5.26 Å². The quantitative estimate of drug-likeness (QED) is 0.803. The number of aliphatic carboxylic acids is 1. The molecule has 0 bridgehead atoms. The van der Waals surface area contributed by atoms with Crippen molar-refractivity contribution in [2.75, 3.05) is 18.0 Å². The van der Waals surface area contributed by atoms with Gasteiger partial charge in [0, 0.05) is 25.2 Å². The molecule has 0 saturated carbocycles. The van der Waals surface area contributed by atoms with E-state index in [9.17, 15) is 9.90 Å². The van der Waals surface area contributed by atoms with Gasteiger partial charge in [-0.15, -0.1) is 0 Å². The number of carboxylic acids is 1. The molecular formula is C13H14N2O2. The van der Waals surface area contributed by atoms with Crippen LogP contribution in [0.5, 0.6) is 0 Å². The SMILES string of the molecule is N#CCCCN1CC(C(=O)O)c2ccccc21. The normalized spacial score (nSPS) is 17.6. The Balaban J connectivity index is 2.17.